The summed E-state index contributed by atoms with van der Waals surface area (Å²) in [4.78, 5) is 6.78. The molecule has 0 atom stereocenters. The van der Waals surface area contributed by atoms with Crippen LogP contribution in [0.4, 0.5) is 10.2 Å². The normalized spacial score (nSPS) is 13.4. The Kier molecular flexibility index (Phi) is 7.91. The molecule has 0 radical (unpaired) electrons. The summed E-state index contributed by atoms with van der Waals surface area (Å²) in [6.07, 6.45) is 3.28. The highest BCUT2D eigenvalue weighted by Gasteiger charge is 2.25. The Morgan fingerprint density at radius 3 is 2.40 bits per heavy atom. The lowest BCUT2D eigenvalue weighted by molar-refractivity contribution is 0.284. The summed E-state index contributed by atoms with van der Waals surface area (Å²) in [5, 5.41) is 19.7. The Bertz CT molecular complexity index is 1600. The first-order chi connectivity index (χ1) is 19.5. The molecule has 2 heterocycles. The number of rotatable bonds is 7. The molecule has 0 bridgehead atoms. The first-order valence-electron chi connectivity index (χ1n) is 13.0. The number of piperidine rings is 1. The number of nitrogens with zero attached hydrogens (tertiary/aromatic N) is 4. The first kappa shape index (κ1) is 26.7. The number of pyridine rings is 1. The molecule has 7 nitrogen and oxygen atoms in total. The fourth-order valence-corrected chi connectivity index (χ4v) is 4.93. The van der Waals surface area contributed by atoms with E-state index in [0.717, 1.165) is 24.0 Å². The highest BCUT2D eigenvalue weighted by molar-refractivity contribution is 5.90. The van der Waals surface area contributed by atoms with Gasteiger partial charge in [0.15, 0.2) is 11.5 Å². The van der Waals surface area contributed by atoms with E-state index in [1.165, 1.54) is 12.1 Å². The molecule has 0 unspecified atom stereocenters. The van der Waals surface area contributed by atoms with Gasteiger partial charge in [-0.3, -0.25) is 0 Å². The van der Waals surface area contributed by atoms with Crippen molar-refractivity contribution in [3.63, 3.8) is 0 Å². The first-order valence-corrected chi connectivity index (χ1v) is 13.0. The molecule has 8 heteroatoms. The van der Waals surface area contributed by atoms with Crippen LogP contribution >= 0.6 is 0 Å². The number of hydrogen-bond donors (Lipinski definition) is 1. The second-order valence-electron chi connectivity index (χ2n) is 9.63. The molecule has 40 heavy (non-hydrogen) atoms. The average Bonchev–Trinajstić information content (AvgIpc) is 3.00. The maximum Gasteiger partial charge on any atom is 0.162 e. The van der Waals surface area contributed by atoms with Gasteiger partial charge in [0.1, 0.15) is 35.9 Å². The van der Waals surface area contributed by atoms with Crippen LogP contribution in [0.1, 0.15) is 29.5 Å². The molecule has 4 aromatic rings. The van der Waals surface area contributed by atoms with Crippen LogP contribution in [0.2, 0.25) is 0 Å². The lowest BCUT2D eigenvalue weighted by Gasteiger charge is -2.32. The van der Waals surface area contributed by atoms with Gasteiger partial charge in [-0.15, -0.1) is 0 Å². The van der Waals surface area contributed by atoms with Crippen LogP contribution < -0.4 is 20.1 Å². The van der Waals surface area contributed by atoms with Gasteiger partial charge < -0.3 is 20.1 Å². The van der Waals surface area contributed by atoms with Crippen LogP contribution in [0.3, 0.4) is 0 Å². The lowest BCUT2D eigenvalue weighted by Crippen LogP contribution is -2.40. The van der Waals surface area contributed by atoms with E-state index in [4.69, 9.17) is 20.2 Å². The maximum atomic E-state index is 14.8. The molecule has 0 amide bonds. The number of nitrogens with two attached hydrogens (primary N) is 1. The van der Waals surface area contributed by atoms with Gasteiger partial charge in [-0.25, -0.2) is 9.37 Å². The molecule has 2 N–H and O–H groups in total. The number of halogens is 1. The third kappa shape index (κ3) is 5.44. The molecule has 3 aromatic carbocycles. The predicted octanol–water partition coefficient (Wildman–Crippen LogP) is 5.81. The molecule has 0 spiro atoms. The van der Waals surface area contributed by atoms with E-state index in [2.05, 4.69) is 11.0 Å². The third-order valence-corrected chi connectivity index (χ3v) is 7.10. The number of anilines is 1. The van der Waals surface area contributed by atoms with Gasteiger partial charge >= 0.3 is 0 Å². The van der Waals surface area contributed by atoms with Crippen LogP contribution in [-0.4, -0.2) is 31.2 Å². The van der Waals surface area contributed by atoms with Crippen molar-refractivity contribution in [3.8, 4) is 45.9 Å². The quantitative estimate of drug-likeness (QED) is 0.319. The topological polar surface area (TPSA) is 108 Å². The van der Waals surface area contributed by atoms with E-state index >= 15 is 0 Å². The van der Waals surface area contributed by atoms with Gasteiger partial charge in [0.05, 0.1) is 12.7 Å². The van der Waals surface area contributed by atoms with Crippen molar-refractivity contribution >= 4 is 5.82 Å². The van der Waals surface area contributed by atoms with Crippen molar-refractivity contribution in [2.24, 2.45) is 5.73 Å². The van der Waals surface area contributed by atoms with Crippen LogP contribution in [0.5, 0.6) is 11.5 Å². The molecular formula is C32H28FN5O2. The fourth-order valence-electron chi connectivity index (χ4n) is 4.93. The van der Waals surface area contributed by atoms with Crippen LogP contribution in [0.25, 0.3) is 22.3 Å². The zero-order valence-electron chi connectivity index (χ0n) is 22.1. The number of aromatic nitrogens is 1. The van der Waals surface area contributed by atoms with Gasteiger partial charge in [0.25, 0.3) is 0 Å². The molecule has 0 aliphatic carbocycles. The Labute approximate surface area is 232 Å². The highest BCUT2D eigenvalue weighted by atomic mass is 19.1. The minimum absolute atomic E-state index is 0.0656. The van der Waals surface area contributed by atoms with Crippen LogP contribution in [0, 0.1) is 28.5 Å². The molecule has 5 rings (SSSR count). The monoisotopic (exact) mass is 533 g/mol. The number of ether oxygens (including phenoxy) is 2. The molecular weight excluding hydrogens is 505 g/mol. The number of hydrogen-bond acceptors (Lipinski definition) is 7. The molecule has 0 saturated carbocycles. The van der Waals surface area contributed by atoms with Gasteiger partial charge in [0.2, 0.25) is 0 Å². The van der Waals surface area contributed by atoms with Crippen molar-refractivity contribution in [2.45, 2.75) is 25.5 Å². The van der Waals surface area contributed by atoms with Crippen LogP contribution in [-0.2, 0) is 6.61 Å². The Morgan fingerprint density at radius 1 is 0.975 bits per heavy atom. The SMILES string of the molecule is COc1ccc(-c2cnc(N3CCC(N)CC3)c(C#N)c2-c2ccc(C#N)c(F)c2)cc1OCc1ccccc1. The minimum Gasteiger partial charge on any atom is -0.493 e. The Morgan fingerprint density at radius 2 is 1.73 bits per heavy atom. The van der Waals surface area contributed by atoms with Crippen molar-refractivity contribution in [3.05, 3.63) is 95.4 Å². The summed E-state index contributed by atoms with van der Waals surface area (Å²) in [5.41, 5.74) is 9.74. The largest absolute Gasteiger partial charge is 0.493 e. The average molecular weight is 534 g/mol. The maximum absolute atomic E-state index is 14.8. The van der Waals surface area contributed by atoms with Gasteiger partial charge in [0, 0.05) is 36.5 Å². The van der Waals surface area contributed by atoms with Crippen molar-refractivity contribution in [1.82, 2.24) is 4.98 Å². The highest BCUT2D eigenvalue weighted by Crippen LogP contribution is 2.41. The van der Waals surface area contributed by atoms with E-state index in [-0.39, 0.29) is 11.6 Å². The second-order valence-corrected chi connectivity index (χ2v) is 9.63. The van der Waals surface area contributed by atoms with Crippen molar-refractivity contribution in [1.29, 1.82) is 10.5 Å². The van der Waals surface area contributed by atoms with E-state index in [0.29, 0.717) is 59.3 Å². The van der Waals surface area contributed by atoms with Crippen molar-refractivity contribution < 1.29 is 13.9 Å². The second kappa shape index (κ2) is 11.9. The zero-order chi connectivity index (χ0) is 28.1. The predicted molar refractivity (Wildman–Crippen MR) is 151 cm³/mol. The number of nitriles is 2. The summed E-state index contributed by atoms with van der Waals surface area (Å²) in [6, 6.07) is 24.0. The smallest absolute Gasteiger partial charge is 0.162 e. The molecule has 1 saturated heterocycles. The number of benzene rings is 3. The van der Waals surface area contributed by atoms with E-state index < -0.39 is 5.82 Å². The molecule has 1 fully saturated rings. The molecule has 200 valence electrons. The standard InChI is InChI=1S/C32H28FN5O2/c1-39-29-10-9-22(16-30(29)40-20-21-5-3-2-4-6-21)27-19-37-32(38-13-11-25(36)12-14-38)26(18-35)31(27)23-7-8-24(17-34)28(33)15-23/h2-10,15-16,19,25H,11-14,20,36H2,1H3. The third-order valence-electron chi connectivity index (χ3n) is 7.10. The summed E-state index contributed by atoms with van der Waals surface area (Å²) in [5.74, 6) is 0.958. The summed E-state index contributed by atoms with van der Waals surface area (Å²) in [6.45, 7) is 1.68. The Hall–Kier alpha value is -4.92. The molecule has 1 aliphatic heterocycles. The fraction of sp³-hybridized carbons (Fsp3) is 0.219. The van der Waals surface area contributed by atoms with Crippen molar-refractivity contribution in [2.75, 3.05) is 25.1 Å². The van der Waals surface area contributed by atoms with E-state index in [1.54, 1.807) is 25.4 Å². The summed E-state index contributed by atoms with van der Waals surface area (Å²) in [7, 11) is 1.57. The minimum atomic E-state index is -0.654. The van der Waals surface area contributed by atoms with Gasteiger partial charge in [-0.2, -0.15) is 10.5 Å². The van der Waals surface area contributed by atoms with E-state index in [9.17, 15) is 14.9 Å². The molecule has 1 aliphatic rings. The lowest BCUT2D eigenvalue weighted by atomic mass is 9.91. The molecule has 1 aromatic heterocycles. The Balaban J connectivity index is 1.64. The summed E-state index contributed by atoms with van der Waals surface area (Å²) < 4.78 is 26.5. The van der Waals surface area contributed by atoms with Gasteiger partial charge in [-0.05, 0) is 53.8 Å². The van der Waals surface area contributed by atoms with Gasteiger partial charge in [-0.1, -0.05) is 42.5 Å². The number of methoxy groups -OCH3 is 1. The zero-order valence-corrected chi connectivity index (χ0v) is 22.1. The summed E-state index contributed by atoms with van der Waals surface area (Å²) >= 11 is 0. The van der Waals surface area contributed by atoms with E-state index in [1.807, 2.05) is 48.5 Å². The van der Waals surface area contributed by atoms with Crippen LogP contribution in [0.15, 0.2) is 72.9 Å².